The van der Waals surface area contributed by atoms with Crippen LogP contribution in [-0.2, 0) is 0 Å². The fraction of sp³-hybridized carbons (Fsp3) is 0.500. The van der Waals surface area contributed by atoms with E-state index in [0.29, 0.717) is 12.2 Å². The second kappa shape index (κ2) is 5.03. The van der Waals surface area contributed by atoms with Gasteiger partial charge in [0.15, 0.2) is 0 Å². The van der Waals surface area contributed by atoms with Crippen molar-refractivity contribution in [1.82, 2.24) is 0 Å². The zero-order chi connectivity index (χ0) is 11.4. The van der Waals surface area contributed by atoms with Crippen molar-refractivity contribution in [3.8, 4) is 11.5 Å². The molecule has 1 unspecified atom stereocenters. The molecule has 1 N–H and O–H groups in total. The quantitative estimate of drug-likeness (QED) is 0.829. The molecule has 0 saturated carbocycles. The molecule has 0 bridgehead atoms. The Hall–Kier alpha value is -1.22. The van der Waals surface area contributed by atoms with Crippen molar-refractivity contribution in [1.29, 1.82) is 0 Å². The van der Waals surface area contributed by atoms with Crippen LogP contribution < -0.4 is 9.47 Å². The molecule has 1 atom stereocenters. The summed E-state index contributed by atoms with van der Waals surface area (Å²) in [7, 11) is 3.23. The Balaban J connectivity index is 3.22. The minimum Gasteiger partial charge on any atom is -0.496 e. The van der Waals surface area contributed by atoms with E-state index in [1.807, 2.05) is 26.0 Å². The van der Waals surface area contributed by atoms with E-state index in [1.165, 1.54) is 0 Å². The summed E-state index contributed by atoms with van der Waals surface area (Å²) in [6, 6.07) is 3.72. The molecular formula is C12H18O3. The smallest absolute Gasteiger partial charge is 0.125 e. The topological polar surface area (TPSA) is 38.7 Å². The van der Waals surface area contributed by atoms with Gasteiger partial charge in [-0.15, -0.1) is 0 Å². The van der Waals surface area contributed by atoms with Gasteiger partial charge in [0.05, 0.1) is 20.3 Å². The van der Waals surface area contributed by atoms with Crippen LogP contribution in [0.5, 0.6) is 11.5 Å². The van der Waals surface area contributed by atoms with Crippen LogP contribution in [0.1, 0.15) is 30.6 Å². The van der Waals surface area contributed by atoms with Gasteiger partial charge in [-0.05, 0) is 31.0 Å². The van der Waals surface area contributed by atoms with Crippen molar-refractivity contribution in [3.63, 3.8) is 0 Å². The first kappa shape index (κ1) is 11.9. The van der Waals surface area contributed by atoms with Gasteiger partial charge in [0.2, 0.25) is 0 Å². The van der Waals surface area contributed by atoms with Gasteiger partial charge in [0.1, 0.15) is 11.5 Å². The lowest BCUT2D eigenvalue weighted by molar-refractivity contribution is 0.169. The number of benzene rings is 1. The maximum Gasteiger partial charge on any atom is 0.125 e. The summed E-state index contributed by atoms with van der Waals surface area (Å²) in [5.41, 5.74) is 1.78. The maximum atomic E-state index is 9.82. The SMILES string of the molecule is CCC(O)c1cc(OC)c(C)cc1OC. The van der Waals surface area contributed by atoms with Crippen LogP contribution in [0.4, 0.5) is 0 Å². The molecule has 0 aliphatic carbocycles. The first-order chi connectivity index (χ1) is 7.13. The highest BCUT2D eigenvalue weighted by molar-refractivity contribution is 5.46. The van der Waals surface area contributed by atoms with Gasteiger partial charge >= 0.3 is 0 Å². The Morgan fingerprint density at radius 1 is 1.20 bits per heavy atom. The largest absolute Gasteiger partial charge is 0.496 e. The Labute approximate surface area is 90.6 Å². The first-order valence-corrected chi connectivity index (χ1v) is 5.04. The average molecular weight is 210 g/mol. The van der Waals surface area contributed by atoms with Crippen LogP contribution >= 0.6 is 0 Å². The Bertz CT molecular complexity index is 334. The monoisotopic (exact) mass is 210 g/mol. The van der Waals surface area contributed by atoms with Crippen molar-refractivity contribution < 1.29 is 14.6 Å². The number of hydrogen-bond donors (Lipinski definition) is 1. The third-order valence-corrected chi connectivity index (χ3v) is 2.49. The van der Waals surface area contributed by atoms with Gasteiger partial charge in [0.25, 0.3) is 0 Å². The number of methoxy groups -OCH3 is 2. The Morgan fingerprint density at radius 3 is 2.27 bits per heavy atom. The standard InChI is InChI=1S/C12H18O3/c1-5-10(13)9-7-11(14-3)8(2)6-12(9)15-4/h6-7,10,13H,5H2,1-4H3. The first-order valence-electron chi connectivity index (χ1n) is 5.04. The zero-order valence-electron chi connectivity index (χ0n) is 9.70. The second-order valence-corrected chi connectivity index (χ2v) is 3.49. The molecule has 15 heavy (non-hydrogen) atoms. The van der Waals surface area contributed by atoms with E-state index in [9.17, 15) is 5.11 Å². The number of aryl methyl sites for hydroxylation is 1. The van der Waals surface area contributed by atoms with Gasteiger partial charge < -0.3 is 14.6 Å². The summed E-state index contributed by atoms with van der Waals surface area (Å²) >= 11 is 0. The highest BCUT2D eigenvalue weighted by Crippen LogP contribution is 2.33. The highest BCUT2D eigenvalue weighted by atomic mass is 16.5. The summed E-state index contributed by atoms with van der Waals surface area (Å²) < 4.78 is 10.4. The second-order valence-electron chi connectivity index (χ2n) is 3.49. The molecule has 3 nitrogen and oxygen atoms in total. The molecule has 0 fully saturated rings. The van der Waals surface area contributed by atoms with Gasteiger partial charge in [-0.2, -0.15) is 0 Å². The van der Waals surface area contributed by atoms with Crippen LogP contribution in [0.3, 0.4) is 0 Å². The average Bonchev–Trinajstić information content (AvgIpc) is 2.27. The van der Waals surface area contributed by atoms with Crippen molar-refractivity contribution in [3.05, 3.63) is 23.3 Å². The molecule has 0 spiro atoms. The van der Waals surface area contributed by atoms with Crippen molar-refractivity contribution in [2.45, 2.75) is 26.4 Å². The molecule has 0 saturated heterocycles. The fourth-order valence-electron chi connectivity index (χ4n) is 1.55. The maximum absolute atomic E-state index is 9.82. The van der Waals surface area contributed by atoms with Crippen LogP contribution in [-0.4, -0.2) is 19.3 Å². The van der Waals surface area contributed by atoms with E-state index in [1.54, 1.807) is 14.2 Å². The number of aliphatic hydroxyl groups excluding tert-OH is 1. The lowest BCUT2D eigenvalue weighted by atomic mass is 10.0. The molecule has 0 aliphatic heterocycles. The summed E-state index contributed by atoms with van der Waals surface area (Å²) in [6.45, 7) is 3.87. The van der Waals surface area contributed by atoms with Gasteiger partial charge in [-0.1, -0.05) is 6.92 Å². The van der Waals surface area contributed by atoms with Gasteiger partial charge in [0, 0.05) is 5.56 Å². The summed E-state index contributed by atoms with van der Waals surface area (Å²) in [6.07, 6.45) is 0.150. The fourth-order valence-corrected chi connectivity index (χ4v) is 1.55. The van der Waals surface area contributed by atoms with Crippen molar-refractivity contribution in [2.75, 3.05) is 14.2 Å². The third kappa shape index (κ3) is 2.42. The Kier molecular flexibility index (Phi) is 3.97. The third-order valence-electron chi connectivity index (χ3n) is 2.49. The van der Waals surface area contributed by atoms with Crippen LogP contribution in [0, 0.1) is 6.92 Å². The minimum atomic E-state index is -0.505. The van der Waals surface area contributed by atoms with E-state index in [2.05, 4.69) is 0 Å². The van der Waals surface area contributed by atoms with E-state index >= 15 is 0 Å². The zero-order valence-corrected chi connectivity index (χ0v) is 9.70. The lowest BCUT2D eigenvalue weighted by Crippen LogP contribution is -2.01. The summed E-state index contributed by atoms with van der Waals surface area (Å²) in [4.78, 5) is 0. The molecular weight excluding hydrogens is 192 g/mol. The number of hydrogen-bond acceptors (Lipinski definition) is 3. The van der Waals surface area contributed by atoms with Crippen molar-refractivity contribution in [2.24, 2.45) is 0 Å². The molecule has 84 valence electrons. The molecule has 0 heterocycles. The molecule has 1 aromatic carbocycles. The lowest BCUT2D eigenvalue weighted by Gasteiger charge is -2.16. The Morgan fingerprint density at radius 2 is 1.80 bits per heavy atom. The number of aliphatic hydroxyl groups is 1. The molecule has 0 aromatic heterocycles. The molecule has 3 heteroatoms. The van der Waals surface area contributed by atoms with E-state index in [4.69, 9.17) is 9.47 Å². The molecule has 0 aliphatic rings. The molecule has 0 radical (unpaired) electrons. The molecule has 1 rings (SSSR count). The van der Waals surface area contributed by atoms with Crippen molar-refractivity contribution >= 4 is 0 Å². The van der Waals surface area contributed by atoms with E-state index < -0.39 is 6.10 Å². The number of ether oxygens (including phenoxy) is 2. The normalized spacial score (nSPS) is 12.3. The summed E-state index contributed by atoms with van der Waals surface area (Å²) in [5, 5.41) is 9.82. The predicted molar refractivity (Wildman–Crippen MR) is 59.5 cm³/mol. The number of rotatable bonds is 4. The van der Waals surface area contributed by atoms with Crippen LogP contribution in [0.25, 0.3) is 0 Å². The minimum absolute atomic E-state index is 0.505. The molecule has 0 amide bonds. The summed E-state index contributed by atoms with van der Waals surface area (Å²) in [5.74, 6) is 1.49. The van der Waals surface area contributed by atoms with Crippen LogP contribution in [0.15, 0.2) is 12.1 Å². The van der Waals surface area contributed by atoms with Gasteiger partial charge in [-0.3, -0.25) is 0 Å². The molecule has 1 aromatic rings. The van der Waals surface area contributed by atoms with E-state index in [0.717, 1.165) is 16.9 Å². The predicted octanol–water partition coefficient (Wildman–Crippen LogP) is 2.46. The van der Waals surface area contributed by atoms with Gasteiger partial charge in [-0.25, -0.2) is 0 Å². The van der Waals surface area contributed by atoms with Crippen LogP contribution in [0.2, 0.25) is 0 Å². The van der Waals surface area contributed by atoms with E-state index in [-0.39, 0.29) is 0 Å². The highest BCUT2D eigenvalue weighted by Gasteiger charge is 2.14.